The van der Waals surface area contributed by atoms with E-state index in [1.165, 1.54) is 24.8 Å². The molecule has 0 bridgehead atoms. The molecule has 1 heteroatoms. The van der Waals surface area contributed by atoms with Gasteiger partial charge in [-0.2, -0.15) is 0 Å². The summed E-state index contributed by atoms with van der Waals surface area (Å²) in [5.74, 6) is 0. The Balaban J connectivity index is 3.09. The first kappa shape index (κ1) is 16.9. The Morgan fingerprint density at radius 2 is 1.65 bits per heavy atom. The minimum Gasteiger partial charge on any atom is -0.309 e. The molecule has 0 saturated carbocycles. The third kappa shape index (κ3) is 4.19. The topological polar surface area (TPSA) is 23.9 Å². The third-order valence-corrected chi connectivity index (χ3v) is 4.49. The van der Waals surface area contributed by atoms with Gasteiger partial charge < -0.3 is 5.41 Å². The fraction of sp³-hybridized carbons (Fsp3) is 0.632. The highest BCUT2D eigenvalue weighted by Gasteiger charge is 2.33. The second kappa shape index (κ2) is 7.06. The van der Waals surface area contributed by atoms with Gasteiger partial charge in [-0.3, -0.25) is 0 Å². The lowest BCUT2D eigenvalue weighted by Gasteiger charge is -2.36. The summed E-state index contributed by atoms with van der Waals surface area (Å²) in [5, 5.41) is 8.48. The Kier molecular flexibility index (Phi) is 5.98. The average Bonchev–Trinajstić information content (AvgIpc) is 2.43. The van der Waals surface area contributed by atoms with Crippen LogP contribution in [0.15, 0.2) is 30.3 Å². The van der Waals surface area contributed by atoms with Crippen LogP contribution in [0.5, 0.6) is 0 Å². The summed E-state index contributed by atoms with van der Waals surface area (Å²) < 4.78 is 0. The van der Waals surface area contributed by atoms with Gasteiger partial charge >= 0.3 is 0 Å². The van der Waals surface area contributed by atoms with Crippen LogP contribution in [0.25, 0.3) is 0 Å². The van der Waals surface area contributed by atoms with E-state index in [0.29, 0.717) is 0 Å². The predicted molar refractivity (Wildman–Crippen MR) is 89.7 cm³/mol. The molecule has 1 atom stereocenters. The van der Waals surface area contributed by atoms with Crippen molar-refractivity contribution in [3.8, 4) is 0 Å². The van der Waals surface area contributed by atoms with Gasteiger partial charge in [-0.1, -0.05) is 77.8 Å². The molecule has 112 valence electrons. The van der Waals surface area contributed by atoms with E-state index < -0.39 is 0 Å². The molecule has 1 rings (SSSR count). The van der Waals surface area contributed by atoms with Crippen molar-refractivity contribution >= 4 is 5.71 Å². The summed E-state index contributed by atoms with van der Waals surface area (Å²) in [4.78, 5) is 0. The molecule has 0 amide bonds. The SMILES string of the molecule is CCCC[C@@](CC)(CC(=N)C(C)(C)C)c1ccccc1. The van der Waals surface area contributed by atoms with Crippen LogP contribution in [0.4, 0.5) is 0 Å². The maximum absolute atomic E-state index is 8.48. The quantitative estimate of drug-likeness (QED) is 0.591. The molecular weight excluding hydrogens is 242 g/mol. The molecule has 0 fully saturated rings. The lowest BCUT2D eigenvalue weighted by molar-refractivity contribution is 0.367. The van der Waals surface area contributed by atoms with Gasteiger partial charge in [-0.25, -0.2) is 0 Å². The molecule has 0 radical (unpaired) electrons. The van der Waals surface area contributed by atoms with Crippen molar-refractivity contribution in [1.82, 2.24) is 0 Å². The normalized spacial score (nSPS) is 14.8. The first-order valence-electron chi connectivity index (χ1n) is 7.99. The lowest BCUT2D eigenvalue weighted by atomic mass is 9.68. The number of hydrogen-bond donors (Lipinski definition) is 1. The number of benzene rings is 1. The molecule has 0 saturated heterocycles. The minimum absolute atomic E-state index is 0.0264. The summed E-state index contributed by atoms with van der Waals surface area (Å²) in [6.45, 7) is 11.0. The lowest BCUT2D eigenvalue weighted by Crippen LogP contribution is -2.33. The van der Waals surface area contributed by atoms with E-state index in [0.717, 1.165) is 18.6 Å². The molecule has 1 N–H and O–H groups in total. The van der Waals surface area contributed by atoms with Crippen LogP contribution >= 0.6 is 0 Å². The van der Waals surface area contributed by atoms with Gasteiger partial charge in [0.15, 0.2) is 0 Å². The van der Waals surface area contributed by atoms with Crippen molar-refractivity contribution in [3.05, 3.63) is 35.9 Å². The van der Waals surface area contributed by atoms with E-state index in [1.54, 1.807) is 0 Å². The molecule has 1 aromatic carbocycles. The molecular formula is C19H31N. The Bertz CT molecular complexity index is 413. The number of hydrogen-bond acceptors (Lipinski definition) is 1. The van der Waals surface area contributed by atoms with E-state index in [4.69, 9.17) is 5.41 Å². The minimum atomic E-state index is -0.0264. The van der Waals surface area contributed by atoms with Gasteiger partial charge in [0, 0.05) is 11.1 Å². The molecule has 0 aromatic heterocycles. The van der Waals surface area contributed by atoms with Gasteiger partial charge in [0.1, 0.15) is 0 Å². The second-order valence-corrected chi connectivity index (χ2v) is 7.01. The number of unbranched alkanes of at least 4 members (excludes halogenated alkanes) is 1. The van der Waals surface area contributed by atoms with Gasteiger partial charge in [-0.15, -0.1) is 0 Å². The summed E-state index contributed by atoms with van der Waals surface area (Å²) in [5.41, 5.74) is 2.40. The molecule has 0 aliphatic heterocycles. The number of nitrogens with one attached hydrogen (secondary N) is 1. The van der Waals surface area contributed by atoms with Gasteiger partial charge in [-0.05, 0) is 30.2 Å². The van der Waals surface area contributed by atoms with Crippen LogP contribution in [0.3, 0.4) is 0 Å². The van der Waals surface area contributed by atoms with Crippen molar-refractivity contribution in [2.24, 2.45) is 5.41 Å². The van der Waals surface area contributed by atoms with Crippen molar-refractivity contribution in [1.29, 1.82) is 5.41 Å². The Hall–Kier alpha value is -1.11. The summed E-state index contributed by atoms with van der Waals surface area (Å²) in [7, 11) is 0. The van der Waals surface area contributed by atoms with Gasteiger partial charge in [0.2, 0.25) is 0 Å². The monoisotopic (exact) mass is 273 g/mol. The predicted octanol–water partition coefficient (Wildman–Crippen LogP) is 5.98. The highest BCUT2D eigenvalue weighted by Crippen LogP contribution is 2.39. The maximum atomic E-state index is 8.48. The van der Waals surface area contributed by atoms with Gasteiger partial charge in [0.05, 0.1) is 0 Å². The molecule has 0 spiro atoms. The van der Waals surface area contributed by atoms with E-state index in [9.17, 15) is 0 Å². The zero-order chi connectivity index (χ0) is 15.2. The molecule has 0 aliphatic carbocycles. The zero-order valence-electron chi connectivity index (χ0n) is 13.9. The zero-order valence-corrected chi connectivity index (χ0v) is 13.9. The molecule has 0 unspecified atom stereocenters. The third-order valence-electron chi connectivity index (χ3n) is 4.49. The van der Waals surface area contributed by atoms with Crippen LogP contribution in [0.2, 0.25) is 0 Å². The fourth-order valence-electron chi connectivity index (χ4n) is 2.75. The molecule has 0 heterocycles. The highest BCUT2D eigenvalue weighted by molar-refractivity contribution is 5.87. The summed E-state index contributed by atoms with van der Waals surface area (Å²) in [6, 6.07) is 10.8. The Labute approximate surface area is 125 Å². The van der Waals surface area contributed by atoms with Crippen molar-refractivity contribution in [2.45, 2.75) is 72.1 Å². The smallest absolute Gasteiger partial charge is 0.0151 e. The van der Waals surface area contributed by atoms with E-state index >= 15 is 0 Å². The molecule has 0 aliphatic rings. The van der Waals surface area contributed by atoms with E-state index in [1.807, 2.05) is 0 Å². The standard InChI is InChI=1S/C19H31N/c1-6-8-14-19(7-2,15-17(20)18(3,4)5)16-12-10-9-11-13-16/h9-13,20H,6-8,14-15H2,1-5H3/t19-/m0/s1. The van der Waals surface area contributed by atoms with Crippen molar-refractivity contribution < 1.29 is 0 Å². The largest absolute Gasteiger partial charge is 0.309 e. The van der Waals surface area contributed by atoms with E-state index in [-0.39, 0.29) is 10.8 Å². The Morgan fingerprint density at radius 3 is 2.10 bits per heavy atom. The fourth-order valence-corrected chi connectivity index (χ4v) is 2.75. The number of rotatable bonds is 7. The second-order valence-electron chi connectivity index (χ2n) is 7.01. The van der Waals surface area contributed by atoms with E-state index in [2.05, 4.69) is 65.0 Å². The van der Waals surface area contributed by atoms with Crippen molar-refractivity contribution in [3.63, 3.8) is 0 Å². The van der Waals surface area contributed by atoms with Crippen LogP contribution in [-0.4, -0.2) is 5.71 Å². The van der Waals surface area contributed by atoms with Gasteiger partial charge in [0.25, 0.3) is 0 Å². The average molecular weight is 273 g/mol. The summed E-state index contributed by atoms with van der Waals surface area (Å²) >= 11 is 0. The highest BCUT2D eigenvalue weighted by atomic mass is 14.5. The molecule has 1 aromatic rings. The molecule has 1 nitrogen and oxygen atoms in total. The summed E-state index contributed by atoms with van der Waals surface area (Å²) in [6.07, 6.45) is 5.63. The van der Waals surface area contributed by atoms with Crippen LogP contribution in [-0.2, 0) is 5.41 Å². The van der Waals surface area contributed by atoms with Crippen LogP contribution in [0, 0.1) is 10.8 Å². The van der Waals surface area contributed by atoms with Crippen molar-refractivity contribution in [2.75, 3.05) is 0 Å². The first-order valence-corrected chi connectivity index (χ1v) is 7.99. The van der Waals surface area contributed by atoms with Crippen LogP contribution < -0.4 is 0 Å². The Morgan fingerprint density at radius 1 is 1.05 bits per heavy atom. The first-order chi connectivity index (χ1) is 9.35. The maximum Gasteiger partial charge on any atom is 0.0151 e. The van der Waals surface area contributed by atoms with Crippen LogP contribution in [0.1, 0.15) is 72.3 Å². The molecule has 20 heavy (non-hydrogen) atoms.